The summed E-state index contributed by atoms with van der Waals surface area (Å²) in [6, 6.07) is 0. The number of thioether (sulfide) groups is 1. The average molecular weight is 228 g/mol. The van der Waals surface area contributed by atoms with Crippen molar-refractivity contribution in [3.05, 3.63) is 0 Å². The first-order valence-corrected chi connectivity index (χ1v) is 7.08. The fourth-order valence-corrected chi connectivity index (χ4v) is 3.44. The van der Waals surface area contributed by atoms with Crippen LogP contribution in [0.25, 0.3) is 0 Å². The van der Waals surface area contributed by atoms with Crippen LogP contribution in [0, 0.1) is 5.92 Å². The highest BCUT2D eigenvalue weighted by atomic mass is 32.2. The molecule has 3 nitrogen and oxygen atoms in total. The lowest BCUT2D eigenvalue weighted by Gasteiger charge is -2.29. The highest BCUT2D eigenvalue weighted by molar-refractivity contribution is 7.99. The summed E-state index contributed by atoms with van der Waals surface area (Å²) in [7, 11) is 0. The predicted molar refractivity (Wildman–Crippen MR) is 64.1 cm³/mol. The average Bonchev–Trinajstić information content (AvgIpc) is 2.31. The second-order valence-electron chi connectivity index (χ2n) is 4.39. The van der Waals surface area contributed by atoms with Crippen LogP contribution >= 0.6 is 11.8 Å². The Morgan fingerprint density at radius 3 is 2.60 bits per heavy atom. The molecule has 1 amide bonds. The molecule has 0 saturated carbocycles. The minimum Gasteiger partial charge on any atom is -0.340 e. The van der Waals surface area contributed by atoms with Gasteiger partial charge < -0.3 is 10.2 Å². The van der Waals surface area contributed by atoms with E-state index in [1.807, 2.05) is 16.7 Å². The zero-order valence-electron chi connectivity index (χ0n) is 9.21. The van der Waals surface area contributed by atoms with Crippen LogP contribution in [0.5, 0.6) is 0 Å². The summed E-state index contributed by atoms with van der Waals surface area (Å²) < 4.78 is 0. The second-order valence-corrected chi connectivity index (χ2v) is 5.62. The third kappa shape index (κ3) is 3.38. The molecular weight excluding hydrogens is 208 g/mol. The van der Waals surface area contributed by atoms with Crippen molar-refractivity contribution in [1.82, 2.24) is 10.2 Å². The van der Waals surface area contributed by atoms with Gasteiger partial charge in [-0.05, 0) is 30.3 Å². The molecular formula is C11H20N2OS. The van der Waals surface area contributed by atoms with Crippen molar-refractivity contribution in [1.29, 1.82) is 0 Å². The van der Waals surface area contributed by atoms with E-state index < -0.39 is 0 Å². The maximum atomic E-state index is 12.0. The molecule has 0 bridgehead atoms. The lowest BCUT2D eigenvalue weighted by atomic mass is 9.98. The first-order chi connectivity index (χ1) is 7.36. The standard InChI is InChI=1S/C11H20N2OS/c14-11(13-5-3-12-4-6-13)9-10-1-7-15-8-2-10/h10,12H,1-9H2. The Kier molecular flexibility index (Phi) is 4.32. The van der Waals surface area contributed by atoms with E-state index in [4.69, 9.17) is 0 Å². The van der Waals surface area contributed by atoms with Crippen LogP contribution in [0.4, 0.5) is 0 Å². The number of hydrogen-bond donors (Lipinski definition) is 1. The van der Waals surface area contributed by atoms with E-state index in [1.165, 1.54) is 24.3 Å². The van der Waals surface area contributed by atoms with Crippen LogP contribution in [0.1, 0.15) is 19.3 Å². The Labute approximate surface area is 96.0 Å². The van der Waals surface area contributed by atoms with Gasteiger partial charge in [-0.1, -0.05) is 0 Å². The molecule has 0 atom stereocenters. The molecule has 2 heterocycles. The third-order valence-electron chi connectivity index (χ3n) is 3.27. The monoisotopic (exact) mass is 228 g/mol. The van der Waals surface area contributed by atoms with Gasteiger partial charge in [0.05, 0.1) is 0 Å². The number of carbonyl (C=O) groups excluding carboxylic acids is 1. The summed E-state index contributed by atoms with van der Waals surface area (Å²) in [4.78, 5) is 14.0. The van der Waals surface area contributed by atoms with Gasteiger partial charge in [-0.2, -0.15) is 11.8 Å². The van der Waals surface area contributed by atoms with Crippen molar-refractivity contribution >= 4 is 17.7 Å². The highest BCUT2D eigenvalue weighted by Crippen LogP contribution is 2.25. The fourth-order valence-electron chi connectivity index (χ4n) is 2.24. The number of hydrogen-bond acceptors (Lipinski definition) is 3. The summed E-state index contributed by atoms with van der Waals surface area (Å²) in [5, 5.41) is 3.28. The summed E-state index contributed by atoms with van der Waals surface area (Å²) in [6.07, 6.45) is 3.27. The van der Waals surface area contributed by atoms with Crippen molar-refractivity contribution in [2.75, 3.05) is 37.7 Å². The zero-order chi connectivity index (χ0) is 10.5. The van der Waals surface area contributed by atoms with Crippen molar-refractivity contribution < 1.29 is 4.79 Å². The maximum absolute atomic E-state index is 12.0. The first kappa shape index (κ1) is 11.3. The van der Waals surface area contributed by atoms with Gasteiger partial charge in [-0.3, -0.25) is 4.79 Å². The summed E-state index contributed by atoms with van der Waals surface area (Å²) in [6.45, 7) is 3.74. The molecule has 4 heteroatoms. The van der Waals surface area contributed by atoms with Crippen LogP contribution in [0.15, 0.2) is 0 Å². The predicted octanol–water partition coefficient (Wildman–Crippen LogP) is 0.952. The van der Waals surface area contributed by atoms with E-state index in [-0.39, 0.29) is 0 Å². The Hall–Kier alpha value is -0.220. The Balaban J connectivity index is 1.74. The maximum Gasteiger partial charge on any atom is 0.222 e. The molecule has 2 aliphatic heterocycles. The van der Waals surface area contributed by atoms with E-state index in [9.17, 15) is 4.79 Å². The molecule has 2 saturated heterocycles. The highest BCUT2D eigenvalue weighted by Gasteiger charge is 2.21. The second kappa shape index (κ2) is 5.75. The van der Waals surface area contributed by atoms with Gasteiger partial charge in [-0.15, -0.1) is 0 Å². The van der Waals surface area contributed by atoms with Crippen molar-refractivity contribution in [3.63, 3.8) is 0 Å². The van der Waals surface area contributed by atoms with E-state index in [0.717, 1.165) is 32.6 Å². The molecule has 0 spiro atoms. The van der Waals surface area contributed by atoms with Crippen LogP contribution in [-0.2, 0) is 4.79 Å². The van der Waals surface area contributed by atoms with Crippen LogP contribution in [-0.4, -0.2) is 48.5 Å². The molecule has 0 aromatic rings. The number of nitrogens with zero attached hydrogens (tertiary/aromatic N) is 1. The van der Waals surface area contributed by atoms with Gasteiger partial charge in [0.15, 0.2) is 0 Å². The van der Waals surface area contributed by atoms with Crippen LogP contribution in [0.2, 0.25) is 0 Å². The lowest BCUT2D eigenvalue weighted by molar-refractivity contribution is -0.132. The molecule has 15 heavy (non-hydrogen) atoms. The minimum atomic E-state index is 0.383. The first-order valence-electron chi connectivity index (χ1n) is 5.92. The Morgan fingerprint density at radius 1 is 1.27 bits per heavy atom. The molecule has 2 fully saturated rings. The molecule has 86 valence electrons. The smallest absolute Gasteiger partial charge is 0.222 e. The zero-order valence-corrected chi connectivity index (χ0v) is 10.0. The Bertz CT molecular complexity index is 211. The molecule has 0 radical (unpaired) electrons. The van der Waals surface area contributed by atoms with Crippen molar-refractivity contribution in [3.8, 4) is 0 Å². The van der Waals surface area contributed by atoms with Crippen LogP contribution < -0.4 is 5.32 Å². The summed E-state index contributed by atoms with van der Waals surface area (Å²) >= 11 is 2.03. The largest absolute Gasteiger partial charge is 0.340 e. The SMILES string of the molecule is O=C(CC1CCSCC1)N1CCNCC1. The fraction of sp³-hybridized carbons (Fsp3) is 0.909. The normalized spacial score (nSPS) is 24.1. The van der Waals surface area contributed by atoms with Crippen molar-refractivity contribution in [2.24, 2.45) is 5.92 Å². The number of nitrogens with one attached hydrogen (secondary N) is 1. The van der Waals surface area contributed by atoms with Crippen molar-refractivity contribution in [2.45, 2.75) is 19.3 Å². The molecule has 2 aliphatic rings. The summed E-state index contributed by atoms with van der Waals surface area (Å²) in [5.74, 6) is 3.54. The Morgan fingerprint density at radius 2 is 1.93 bits per heavy atom. The number of amides is 1. The molecule has 1 N–H and O–H groups in total. The molecule has 0 aliphatic carbocycles. The van der Waals surface area contributed by atoms with Gasteiger partial charge in [0.1, 0.15) is 0 Å². The van der Waals surface area contributed by atoms with Gasteiger partial charge in [0.25, 0.3) is 0 Å². The topological polar surface area (TPSA) is 32.3 Å². The number of carbonyl (C=O) groups is 1. The van der Waals surface area contributed by atoms with E-state index >= 15 is 0 Å². The molecule has 0 aromatic heterocycles. The van der Waals surface area contributed by atoms with E-state index in [0.29, 0.717) is 11.8 Å². The summed E-state index contributed by atoms with van der Waals surface area (Å²) in [5.41, 5.74) is 0. The number of piperazine rings is 1. The van der Waals surface area contributed by atoms with E-state index in [2.05, 4.69) is 5.32 Å². The third-order valence-corrected chi connectivity index (χ3v) is 4.32. The molecule has 2 rings (SSSR count). The number of rotatable bonds is 2. The van der Waals surface area contributed by atoms with Gasteiger partial charge >= 0.3 is 0 Å². The van der Waals surface area contributed by atoms with Gasteiger partial charge in [0, 0.05) is 32.6 Å². The minimum absolute atomic E-state index is 0.383. The molecule has 0 unspecified atom stereocenters. The van der Waals surface area contributed by atoms with Gasteiger partial charge in [-0.25, -0.2) is 0 Å². The lowest BCUT2D eigenvalue weighted by Crippen LogP contribution is -2.46. The van der Waals surface area contributed by atoms with Crippen LogP contribution in [0.3, 0.4) is 0 Å². The molecule has 0 aromatic carbocycles. The van der Waals surface area contributed by atoms with Gasteiger partial charge in [0.2, 0.25) is 5.91 Å². The van der Waals surface area contributed by atoms with E-state index in [1.54, 1.807) is 0 Å². The quantitative estimate of drug-likeness (QED) is 0.764.